The second kappa shape index (κ2) is 13.0. The molecular weight excluding hydrogens is 685 g/mol. The van der Waals surface area contributed by atoms with E-state index in [0.717, 1.165) is 88.4 Å². The van der Waals surface area contributed by atoms with E-state index < -0.39 is 0 Å². The van der Waals surface area contributed by atoms with Crippen LogP contribution in [-0.4, -0.2) is 14.1 Å². The molecule has 0 radical (unpaired) electrons. The lowest BCUT2D eigenvalue weighted by molar-refractivity contribution is 1.09. The van der Waals surface area contributed by atoms with Gasteiger partial charge in [0.05, 0.1) is 70.6 Å². The van der Waals surface area contributed by atoms with Crippen molar-refractivity contribution in [3.63, 3.8) is 0 Å². The maximum absolute atomic E-state index is 9.75. The summed E-state index contributed by atoms with van der Waals surface area (Å²) in [6, 6.07) is 55.4. The molecule has 0 aliphatic heterocycles. The van der Waals surface area contributed by atoms with Crippen LogP contribution in [0, 0.1) is 24.5 Å². The molecule has 0 aliphatic rings. The van der Waals surface area contributed by atoms with Gasteiger partial charge < -0.3 is 9.13 Å². The molecule has 0 amide bonds. The quantitative estimate of drug-likeness (QED) is 0.167. The number of nitriles is 1. The Labute approximate surface area is 322 Å². The van der Waals surface area contributed by atoms with Crippen molar-refractivity contribution in [2.75, 3.05) is 0 Å². The van der Waals surface area contributed by atoms with E-state index >= 15 is 0 Å². The van der Waals surface area contributed by atoms with E-state index in [0.29, 0.717) is 16.9 Å². The summed E-state index contributed by atoms with van der Waals surface area (Å²) >= 11 is 0. The van der Waals surface area contributed by atoms with Crippen LogP contribution in [-0.2, 0) is 0 Å². The largest absolute Gasteiger partial charge is 0.307 e. The Bertz CT molecular complexity index is 3150. The van der Waals surface area contributed by atoms with Crippen molar-refractivity contribution in [1.29, 1.82) is 5.26 Å². The first-order valence-electron chi connectivity index (χ1n) is 18.1. The van der Waals surface area contributed by atoms with Crippen LogP contribution < -0.4 is 0 Å². The first-order chi connectivity index (χ1) is 27.6. The summed E-state index contributed by atoms with van der Waals surface area (Å²) < 4.78 is 4.59. The molecule has 0 saturated carbocycles. The lowest BCUT2D eigenvalue weighted by Gasteiger charge is -2.19. The predicted molar refractivity (Wildman–Crippen MR) is 226 cm³/mol. The van der Waals surface area contributed by atoms with Gasteiger partial charge >= 0.3 is 0 Å². The van der Waals surface area contributed by atoms with E-state index in [1.165, 1.54) is 0 Å². The molecule has 258 valence electrons. The Hall–Kier alpha value is -8.24. The maximum Gasteiger partial charge on any atom is 0.187 e. The maximum atomic E-state index is 9.75. The fourth-order valence-electron chi connectivity index (χ4n) is 8.12. The van der Waals surface area contributed by atoms with Gasteiger partial charge in [-0.25, -0.2) is 9.69 Å². The topological polar surface area (TPSA) is 55.3 Å². The Kier molecular flexibility index (Phi) is 7.53. The molecule has 6 nitrogen and oxygen atoms in total. The van der Waals surface area contributed by atoms with Gasteiger partial charge in [0, 0.05) is 27.1 Å². The smallest absolute Gasteiger partial charge is 0.187 e. The number of nitrogens with zero attached hydrogens (tertiary/aromatic N) is 6. The van der Waals surface area contributed by atoms with Crippen LogP contribution in [0.15, 0.2) is 170 Å². The third kappa shape index (κ3) is 5.12. The van der Waals surface area contributed by atoms with E-state index in [1.54, 1.807) is 0 Å². The van der Waals surface area contributed by atoms with Gasteiger partial charge in [0.15, 0.2) is 11.4 Å². The van der Waals surface area contributed by atoms with Crippen LogP contribution in [0.1, 0.15) is 5.56 Å². The van der Waals surface area contributed by atoms with Crippen molar-refractivity contribution in [2.45, 2.75) is 0 Å². The Morgan fingerprint density at radius 1 is 0.446 bits per heavy atom. The molecular formula is C50H28N6. The van der Waals surface area contributed by atoms with E-state index in [-0.39, 0.29) is 0 Å². The molecule has 6 heteroatoms. The fraction of sp³-hybridized carbons (Fsp3) is 0. The summed E-state index contributed by atoms with van der Waals surface area (Å²) in [7, 11) is 0. The summed E-state index contributed by atoms with van der Waals surface area (Å²) in [6.45, 7) is 15.1. The van der Waals surface area contributed by atoms with Crippen molar-refractivity contribution in [2.24, 2.45) is 0 Å². The Balaban J connectivity index is 1.27. The van der Waals surface area contributed by atoms with Crippen LogP contribution in [0.25, 0.3) is 98.1 Å². The van der Waals surface area contributed by atoms with Gasteiger partial charge in [-0.05, 0) is 88.5 Å². The van der Waals surface area contributed by atoms with Gasteiger partial charge in [-0.2, -0.15) is 5.26 Å². The second-order valence-corrected chi connectivity index (χ2v) is 13.7. The molecule has 3 heterocycles. The zero-order chi connectivity index (χ0) is 37.8. The molecule has 0 spiro atoms. The van der Waals surface area contributed by atoms with E-state index in [1.807, 2.05) is 85.2 Å². The summed E-state index contributed by atoms with van der Waals surface area (Å²) in [4.78, 5) is 12.3. The number of pyridine rings is 1. The lowest BCUT2D eigenvalue weighted by Crippen LogP contribution is -2.05. The van der Waals surface area contributed by atoms with E-state index in [4.69, 9.17) is 18.1 Å². The standard InChI is InChI=1S/C50H28N6/c1-52-38-11-7-9-34(25-38)36-21-23-46-42(27-36)40-13-3-5-15-44(40)55(46)48-30-54-31-49(50(48)33-19-17-32(29-51)18-20-33)56-45-16-6-4-14-41(45)43-28-37(22-24-47(43)56)35-10-8-12-39(26-35)53-2/h3-28,30-31H. The number of hydrogen-bond acceptors (Lipinski definition) is 2. The highest BCUT2D eigenvalue weighted by molar-refractivity contribution is 6.13. The molecule has 0 fully saturated rings. The van der Waals surface area contributed by atoms with Gasteiger partial charge in [0.1, 0.15) is 0 Å². The van der Waals surface area contributed by atoms with Gasteiger partial charge in [-0.15, -0.1) is 0 Å². The molecule has 0 saturated heterocycles. The average Bonchev–Trinajstić information content (AvgIpc) is 3.78. The fourth-order valence-corrected chi connectivity index (χ4v) is 8.12. The molecule has 3 aromatic heterocycles. The minimum absolute atomic E-state index is 0.587. The number of benzene rings is 7. The van der Waals surface area contributed by atoms with Crippen LogP contribution in [0.4, 0.5) is 11.4 Å². The van der Waals surface area contributed by atoms with Crippen molar-refractivity contribution >= 4 is 55.0 Å². The third-order valence-electron chi connectivity index (χ3n) is 10.7. The normalized spacial score (nSPS) is 11.2. The van der Waals surface area contributed by atoms with Gasteiger partial charge in [-0.1, -0.05) is 97.1 Å². The second-order valence-electron chi connectivity index (χ2n) is 13.7. The van der Waals surface area contributed by atoms with Gasteiger partial charge in [0.2, 0.25) is 0 Å². The highest BCUT2D eigenvalue weighted by Crippen LogP contribution is 2.43. The molecule has 10 rings (SSSR count). The summed E-state index contributed by atoms with van der Waals surface area (Å²) in [5.41, 5.74) is 13.7. The first-order valence-corrected chi connectivity index (χ1v) is 18.1. The van der Waals surface area contributed by atoms with Gasteiger partial charge in [0.25, 0.3) is 0 Å². The summed E-state index contributed by atoms with van der Waals surface area (Å²) in [5, 5.41) is 14.1. The Morgan fingerprint density at radius 3 is 1.38 bits per heavy atom. The number of rotatable bonds is 5. The highest BCUT2D eigenvalue weighted by atomic mass is 15.0. The number of hydrogen-bond donors (Lipinski definition) is 0. The monoisotopic (exact) mass is 712 g/mol. The minimum Gasteiger partial charge on any atom is -0.307 e. The number of aromatic nitrogens is 3. The molecule has 10 aromatic rings. The zero-order valence-corrected chi connectivity index (χ0v) is 29.8. The molecule has 0 aliphatic carbocycles. The molecule has 0 N–H and O–H groups in total. The summed E-state index contributed by atoms with van der Waals surface area (Å²) in [6.07, 6.45) is 3.87. The molecule has 0 atom stereocenters. The number of fused-ring (bicyclic) bond motifs is 6. The van der Waals surface area contributed by atoms with E-state index in [2.05, 4.69) is 110 Å². The van der Waals surface area contributed by atoms with E-state index in [9.17, 15) is 5.26 Å². The third-order valence-corrected chi connectivity index (χ3v) is 10.7. The van der Waals surface area contributed by atoms with Crippen molar-refractivity contribution in [3.8, 4) is 50.8 Å². The minimum atomic E-state index is 0.587. The highest BCUT2D eigenvalue weighted by Gasteiger charge is 2.23. The average molecular weight is 713 g/mol. The van der Waals surface area contributed by atoms with Crippen LogP contribution >= 0.6 is 0 Å². The first kappa shape index (κ1) is 32.4. The van der Waals surface area contributed by atoms with Crippen molar-refractivity contribution in [1.82, 2.24) is 14.1 Å². The Morgan fingerprint density at radius 2 is 0.893 bits per heavy atom. The summed E-state index contributed by atoms with van der Waals surface area (Å²) in [5.74, 6) is 0. The van der Waals surface area contributed by atoms with Gasteiger partial charge in [-0.3, -0.25) is 4.98 Å². The molecule has 7 aromatic carbocycles. The zero-order valence-electron chi connectivity index (χ0n) is 29.8. The number of para-hydroxylation sites is 2. The van der Waals surface area contributed by atoms with Crippen molar-refractivity contribution < 1.29 is 0 Å². The van der Waals surface area contributed by atoms with Crippen LogP contribution in [0.5, 0.6) is 0 Å². The van der Waals surface area contributed by atoms with Crippen LogP contribution in [0.2, 0.25) is 0 Å². The van der Waals surface area contributed by atoms with Crippen molar-refractivity contribution in [3.05, 3.63) is 199 Å². The SMILES string of the molecule is [C-]#[N+]c1cccc(-c2ccc3c(c2)c2ccccc2n3-c2cncc(-n3c4ccccc4c4cc(-c5cccc([N+]#[C-])c5)ccc43)c2-c2ccc(C#N)cc2)c1. The molecule has 0 bridgehead atoms. The molecule has 0 unspecified atom stereocenters. The molecule has 56 heavy (non-hydrogen) atoms. The lowest BCUT2D eigenvalue weighted by atomic mass is 10.0. The predicted octanol–water partition coefficient (Wildman–Crippen LogP) is 13.3. The van der Waals surface area contributed by atoms with Crippen LogP contribution in [0.3, 0.4) is 0 Å².